The standard InChI is InChI=1S/C27H35F5N2O3S/c1-26(2,21-10-12-22(28)13-11-21)19-33(17-20-7-4-9-24(25(20)29)27(30,31)32)14-6-16-37-23-8-5-15-34(18-23)38(3,35)36/h4,7,9-13,23H,5-6,8,14-19H2,1-3H3. The van der Waals surface area contributed by atoms with E-state index in [1.54, 1.807) is 12.1 Å². The molecule has 0 amide bonds. The summed E-state index contributed by atoms with van der Waals surface area (Å²) in [6.07, 6.45) is -1.92. The van der Waals surface area contributed by atoms with Crippen LogP contribution >= 0.6 is 0 Å². The molecule has 0 aromatic heterocycles. The lowest BCUT2D eigenvalue weighted by atomic mass is 9.84. The van der Waals surface area contributed by atoms with Crippen molar-refractivity contribution in [1.82, 2.24) is 9.21 Å². The van der Waals surface area contributed by atoms with Crippen LogP contribution in [0.2, 0.25) is 0 Å². The summed E-state index contributed by atoms with van der Waals surface area (Å²) in [6.45, 7) is 5.68. The van der Waals surface area contributed by atoms with Gasteiger partial charge in [-0.05, 0) is 43.0 Å². The molecule has 11 heteroatoms. The maximum atomic E-state index is 14.8. The molecular formula is C27H35F5N2O3S. The molecule has 1 aliphatic heterocycles. The Morgan fingerprint density at radius 3 is 2.39 bits per heavy atom. The number of sulfonamides is 1. The second kappa shape index (κ2) is 12.4. The predicted molar refractivity (Wildman–Crippen MR) is 136 cm³/mol. The molecule has 0 bridgehead atoms. The summed E-state index contributed by atoms with van der Waals surface area (Å²) in [6, 6.07) is 9.31. The zero-order valence-corrected chi connectivity index (χ0v) is 22.7. The highest BCUT2D eigenvalue weighted by molar-refractivity contribution is 7.88. The summed E-state index contributed by atoms with van der Waals surface area (Å²) < 4.78 is 99.1. The van der Waals surface area contributed by atoms with Gasteiger partial charge in [0.1, 0.15) is 11.6 Å². The molecule has 212 valence electrons. The SMILES string of the molecule is CC(C)(CN(CCCOC1CCCN(S(C)(=O)=O)C1)Cc1cccc(C(F)(F)F)c1F)c1ccc(F)cc1. The van der Waals surface area contributed by atoms with E-state index in [4.69, 9.17) is 4.74 Å². The minimum Gasteiger partial charge on any atom is -0.377 e. The lowest BCUT2D eigenvalue weighted by Crippen LogP contribution is -2.43. The first-order valence-electron chi connectivity index (χ1n) is 12.6. The van der Waals surface area contributed by atoms with E-state index in [1.165, 1.54) is 34.8 Å². The molecule has 38 heavy (non-hydrogen) atoms. The maximum Gasteiger partial charge on any atom is 0.419 e. The highest BCUT2D eigenvalue weighted by Crippen LogP contribution is 2.33. The Morgan fingerprint density at radius 2 is 1.76 bits per heavy atom. The van der Waals surface area contributed by atoms with Crippen LogP contribution in [0.5, 0.6) is 0 Å². The van der Waals surface area contributed by atoms with Gasteiger partial charge in [-0.25, -0.2) is 17.2 Å². The normalized spacial score (nSPS) is 17.8. The second-order valence-electron chi connectivity index (χ2n) is 10.5. The van der Waals surface area contributed by atoms with Gasteiger partial charge in [-0.2, -0.15) is 17.5 Å². The van der Waals surface area contributed by atoms with Crippen LogP contribution in [0.4, 0.5) is 22.0 Å². The van der Waals surface area contributed by atoms with Crippen molar-refractivity contribution in [2.75, 3.05) is 39.0 Å². The van der Waals surface area contributed by atoms with Crippen molar-refractivity contribution in [3.63, 3.8) is 0 Å². The molecule has 3 rings (SSSR count). The molecule has 2 aromatic rings. The summed E-state index contributed by atoms with van der Waals surface area (Å²) in [5, 5.41) is 0. The highest BCUT2D eigenvalue weighted by atomic mass is 32.2. The van der Waals surface area contributed by atoms with Crippen LogP contribution in [0.3, 0.4) is 0 Å². The van der Waals surface area contributed by atoms with Crippen LogP contribution in [0.25, 0.3) is 0 Å². The fourth-order valence-electron chi connectivity index (χ4n) is 4.81. The molecule has 1 unspecified atom stereocenters. The van der Waals surface area contributed by atoms with Crippen molar-refractivity contribution in [3.05, 3.63) is 70.8 Å². The van der Waals surface area contributed by atoms with Crippen LogP contribution in [0, 0.1) is 11.6 Å². The Bertz CT molecular complexity index is 1170. The predicted octanol–water partition coefficient (Wildman–Crippen LogP) is 5.59. The molecule has 1 saturated heterocycles. The summed E-state index contributed by atoms with van der Waals surface area (Å²) in [4.78, 5) is 1.87. The maximum absolute atomic E-state index is 14.8. The Morgan fingerprint density at radius 1 is 1.08 bits per heavy atom. The van der Waals surface area contributed by atoms with Gasteiger partial charge in [0.15, 0.2) is 0 Å². The number of alkyl halides is 3. The Balaban J connectivity index is 1.71. The van der Waals surface area contributed by atoms with Gasteiger partial charge in [0, 0.05) is 50.3 Å². The highest BCUT2D eigenvalue weighted by Gasteiger charge is 2.35. The molecule has 0 N–H and O–H groups in total. The van der Waals surface area contributed by atoms with Crippen molar-refractivity contribution < 1.29 is 35.1 Å². The first-order chi connectivity index (χ1) is 17.7. The zero-order chi connectivity index (χ0) is 28.1. The van der Waals surface area contributed by atoms with E-state index in [1.807, 2.05) is 18.7 Å². The largest absolute Gasteiger partial charge is 0.419 e. The number of rotatable bonds is 11. The molecule has 0 spiro atoms. The third-order valence-electron chi connectivity index (χ3n) is 6.80. The van der Waals surface area contributed by atoms with Gasteiger partial charge >= 0.3 is 6.18 Å². The Labute approximate surface area is 221 Å². The molecule has 0 radical (unpaired) electrons. The van der Waals surface area contributed by atoms with Crippen LogP contribution in [-0.2, 0) is 32.9 Å². The fraction of sp³-hybridized carbons (Fsp3) is 0.556. The van der Waals surface area contributed by atoms with E-state index in [0.717, 1.165) is 18.1 Å². The van der Waals surface area contributed by atoms with Gasteiger partial charge in [0.25, 0.3) is 0 Å². The minimum absolute atomic E-state index is 0.0499. The molecule has 0 aliphatic carbocycles. The first-order valence-corrected chi connectivity index (χ1v) is 14.4. The topological polar surface area (TPSA) is 49.9 Å². The van der Waals surface area contributed by atoms with E-state index < -0.39 is 33.0 Å². The van der Waals surface area contributed by atoms with Crippen LogP contribution < -0.4 is 0 Å². The molecule has 1 atom stereocenters. The summed E-state index contributed by atoms with van der Waals surface area (Å²) in [5.74, 6) is -1.66. The van der Waals surface area contributed by atoms with Crippen molar-refractivity contribution in [3.8, 4) is 0 Å². The molecule has 1 heterocycles. The van der Waals surface area contributed by atoms with Gasteiger partial charge in [0.05, 0.1) is 17.9 Å². The number of benzene rings is 2. The average Bonchev–Trinajstić information content (AvgIpc) is 2.82. The van der Waals surface area contributed by atoms with Crippen molar-refractivity contribution in [2.24, 2.45) is 0 Å². The van der Waals surface area contributed by atoms with E-state index in [0.29, 0.717) is 39.1 Å². The molecule has 0 saturated carbocycles. The number of hydrogen-bond donors (Lipinski definition) is 0. The van der Waals surface area contributed by atoms with Crippen LogP contribution in [0.1, 0.15) is 49.8 Å². The molecular weight excluding hydrogens is 527 g/mol. The van der Waals surface area contributed by atoms with Gasteiger partial charge in [-0.1, -0.05) is 38.1 Å². The van der Waals surface area contributed by atoms with Crippen molar-refractivity contribution >= 4 is 10.0 Å². The van der Waals surface area contributed by atoms with E-state index in [-0.39, 0.29) is 30.6 Å². The van der Waals surface area contributed by atoms with Gasteiger partial charge in [0.2, 0.25) is 10.0 Å². The monoisotopic (exact) mass is 562 g/mol. The van der Waals surface area contributed by atoms with Gasteiger partial charge < -0.3 is 4.74 Å². The average molecular weight is 563 g/mol. The van der Waals surface area contributed by atoms with Gasteiger partial charge in [-0.15, -0.1) is 0 Å². The molecule has 2 aromatic carbocycles. The van der Waals surface area contributed by atoms with Crippen molar-refractivity contribution in [2.45, 2.75) is 57.3 Å². The second-order valence-corrected chi connectivity index (χ2v) is 12.5. The van der Waals surface area contributed by atoms with E-state index in [2.05, 4.69) is 0 Å². The van der Waals surface area contributed by atoms with Crippen LogP contribution in [0.15, 0.2) is 42.5 Å². The molecule has 1 aliphatic rings. The van der Waals surface area contributed by atoms with Crippen molar-refractivity contribution in [1.29, 1.82) is 0 Å². The number of hydrogen-bond acceptors (Lipinski definition) is 4. The third kappa shape index (κ3) is 8.46. The Kier molecular flexibility index (Phi) is 9.94. The fourth-order valence-corrected chi connectivity index (χ4v) is 5.71. The number of piperidine rings is 1. The number of nitrogens with zero attached hydrogens (tertiary/aromatic N) is 2. The van der Waals surface area contributed by atoms with Crippen LogP contribution in [-0.4, -0.2) is 62.8 Å². The third-order valence-corrected chi connectivity index (χ3v) is 8.07. The minimum atomic E-state index is -4.80. The molecule has 1 fully saturated rings. The number of halogens is 5. The summed E-state index contributed by atoms with van der Waals surface area (Å²) in [7, 11) is -3.30. The lowest BCUT2D eigenvalue weighted by molar-refractivity contribution is -0.140. The number of ether oxygens (including phenoxy) is 1. The quantitative estimate of drug-likeness (QED) is 0.265. The zero-order valence-electron chi connectivity index (χ0n) is 21.9. The summed E-state index contributed by atoms with van der Waals surface area (Å²) in [5.41, 5.74) is -1.03. The molecule has 5 nitrogen and oxygen atoms in total. The Hall–Kier alpha value is -2.08. The van der Waals surface area contributed by atoms with E-state index >= 15 is 0 Å². The van der Waals surface area contributed by atoms with E-state index in [9.17, 15) is 30.4 Å². The smallest absolute Gasteiger partial charge is 0.377 e. The van der Waals surface area contributed by atoms with Gasteiger partial charge in [-0.3, -0.25) is 4.90 Å². The lowest BCUT2D eigenvalue weighted by Gasteiger charge is -2.34. The first kappa shape index (κ1) is 30.5. The summed E-state index contributed by atoms with van der Waals surface area (Å²) >= 11 is 0.